The molecule has 0 aliphatic carbocycles. The van der Waals surface area contributed by atoms with Crippen molar-refractivity contribution in [2.24, 2.45) is 5.92 Å². The summed E-state index contributed by atoms with van der Waals surface area (Å²) in [5.41, 5.74) is 0. The maximum absolute atomic E-state index is 12.5. The minimum absolute atomic E-state index is 0.0536. The molecule has 0 unspecified atom stereocenters. The predicted octanol–water partition coefficient (Wildman–Crippen LogP) is 2.73. The molecular formula is C15H20F2N2O3S. The highest BCUT2D eigenvalue weighted by Crippen LogP contribution is 2.28. The van der Waals surface area contributed by atoms with Gasteiger partial charge in [-0.1, -0.05) is 13.8 Å². The summed E-state index contributed by atoms with van der Waals surface area (Å²) in [6.45, 7) is 1.57. The molecule has 0 saturated carbocycles. The summed E-state index contributed by atoms with van der Waals surface area (Å²) in [6.07, 6.45) is 1.55. The summed E-state index contributed by atoms with van der Waals surface area (Å²) in [5, 5.41) is 4.46. The van der Waals surface area contributed by atoms with Gasteiger partial charge >= 0.3 is 6.61 Å². The molecule has 1 aromatic rings. The van der Waals surface area contributed by atoms with Crippen LogP contribution >= 0.6 is 11.3 Å². The van der Waals surface area contributed by atoms with Crippen molar-refractivity contribution in [3.63, 3.8) is 0 Å². The second-order valence-corrected chi connectivity index (χ2v) is 6.66. The Bertz CT molecular complexity index is 563. The van der Waals surface area contributed by atoms with Crippen molar-refractivity contribution >= 4 is 23.2 Å². The molecule has 2 heterocycles. The number of ether oxygens (including phenoxy) is 1. The lowest BCUT2D eigenvalue weighted by molar-refractivity contribution is -0.125. The number of halogens is 2. The lowest BCUT2D eigenvalue weighted by atomic mass is 10.0. The van der Waals surface area contributed by atoms with Crippen LogP contribution in [0.3, 0.4) is 0 Å². The Morgan fingerprint density at radius 3 is 2.83 bits per heavy atom. The van der Waals surface area contributed by atoms with Gasteiger partial charge in [0.2, 0.25) is 5.91 Å². The Morgan fingerprint density at radius 2 is 2.17 bits per heavy atom. The van der Waals surface area contributed by atoms with E-state index in [0.717, 1.165) is 24.2 Å². The second-order valence-electron chi connectivity index (χ2n) is 5.75. The van der Waals surface area contributed by atoms with Crippen LogP contribution in [0.5, 0.6) is 5.75 Å². The lowest BCUT2D eigenvalue weighted by Crippen LogP contribution is -2.50. The molecule has 23 heavy (non-hydrogen) atoms. The second kappa shape index (κ2) is 7.72. The first-order valence-electron chi connectivity index (χ1n) is 7.50. The highest BCUT2D eigenvalue weighted by molar-refractivity contribution is 7.12. The van der Waals surface area contributed by atoms with Gasteiger partial charge in [0.05, 0.1) is 0 Å². The zero-order chi connectivity index (χ0) is 17.0. The minimum Gasteiger partial charge on any atom is -0.433 e. The molecule has 8 heteroatoms. The van der Waals surface area contributed by atoms with Gasteiger partial charge in [0.15, 0.2) is 0 Å². The van der Waals surface area contributed by atoms with Crippen LogP contribution in [-0.2, 0) is 4.79 Å². The van der Waals surface area contributed by atoms with Crippen molar-refractivity contribution in [2.75, 3.05) is 13.1 Å². The molecule has 2 amide bonds. The van der Waals surface area contributed by atoms with Gasteiger partial charge < -0.3 is 15.0 Å². The molecular weight excluding hydrogens is 326 g/mol. The average molecular weight is 346 g/mol. The highest BCUT2D eigenvalue weighted by atomic mass is 32.1. The normalized spacial score (nSPS) is 18.3. The number of carbonyl (C=O) groups is 2. The summed E-state index contributed by atoms with van der Waals surface area (Å²) in [7, 11) is 0. The first-order chi connectivity index (χ1) is 10.9. The fourth-order valence-electron chi connectivity index (χ4n) is 2.43. The van der Waals surface area contributed by atoms with E-state index in [4.69, 9.17) is 0 Å². The zero-order valence-electron chi connectivity index (χ0n) is 13.1. The molecule has 1 saturated heterocycles. The fourth-order valence-corrected chi connectivity index (χ4v) is 3.22. The van der Waals surface area contributed by atoms with Crippen LogP contribution in [0.1, 0.15) is 36.4 Å². The number of carbonyl (C=O) groups excluding carboxylic acids is 2. The maximum atomic E-state index is 12.5. The van der Waals surface area contributed by atoms with Crippen LogP contribution in [0.25, 0.3) is 0 Å². The topological polar surface area (TPSA) is 58.6 Å². The standard InChI is InChI=1S/C15H20F2N2O3S/c1-9(2)13(20)18-10-4-3-6-19(8-10)14(21)12-11(5-7-23-12)22-15(16)17/h5,7,9-10,15H,3-4,6,8H2,1-2H3,(H,18,20)/t10-/m0/s1. The Labute approximate surface area is 137 Å². The van der Waals surface area contributed by atoms with E-state index in [9.17, 15) is 18.4 Å². The summed E-state index contributed by atoms with van der Waals surface area (Å²) in [5.74, 6) is -0.603. The van der Waals surface area contributed by atoms with Crippen LogP contribution in [0.2, 0.25) is 0 Å². The molecule has 1 fully saturated rings. The van der Waals surface area contributed by atoms with E-state index in [1.807, 2.05) is 0 Å². The zero-order valence-corrected chi connectivity index (χ0v) is 13.9. The number of hydrogen-bond donors (Lipinski definition) is 1. The first kappa shape index (κ1) is 17.7. The van der Waals surface area contributed by atoms with Gasteiger partial charge in [0, 0.05) is 25.0 Å². The third kappa shape index (κ3) is 4.63. The SMILES string of the molecule is CC(C)C(=O)N[C@H]1CCCN(C(=O)c2sccc2OC(F)F)C1. The minimum atomic E-state index is -2.96. The molecule has 0 spiro atoms. The van der Waals surface area contributed by atoms with Crippen molar-refractivity contribution in [1.29, 1.82) is 0 Å². The van der Waals surface area contributed by atoms with E-state index >= 15 is 0 Å². The molecule has 0 aromatic carbocycles. The molecule has 5 nitrogen and oxygen atoms in total. The quantitative estimate of drug-likeness (QED) is 0.892. The van der Waals surface area contributed by atoms with Crippen molar-refractivity contribution < 1.29 is 23.1 Å². The number of rotatable bonds is 5. The van der Waals surface area contributed by atoms with Crippen LogP contribution in [0.4, 0.5) is 8.78 Å². The Balaban J connectivity index is 2.02. The largest absolute Gasteiger partial charge is 0.433 e. The number of hydrogen-bond acceptors (Lipinski definition) is 4. The van der Waals surface area contributed by atoms with E-state index in [1.54, 1.807) is 24.1 Å². The van der Waals surface area contributed by atoms with E-state index in [-0.39, 0.29) is 34.4 Å². The number of nitrogens with zero attached hydrogens (tertiary/aromatic N) is 1. The Kier molecular flexibility index (Phi) is 5.92. The monoisotopic (exact) mass is 346 g/mol. The van der Waals surface area contributed by atoms with E-state index in [1.165, 1.54) is 6.07 Å². The number of amides is 2. The van der Waals surface area contributed by atoms with Crippen molar-refractivity contribution in [1.82, 2.24) is 10.2 Å². The fraction of sp³-hybridized carbons (Fsp3) is 0.600. The van der Waals surface area contributed by atoms with Crippen molar-refractivity contribution in [3.8, 4) is 5.75 Å². The summed E-state index contributed by atoms with van der Waals surface area (Å²) in [4.78, 5) is 26.1. The molecule has 1 aromatic heterocycles. The van der Waals surface area contributed by atoms with Crippen LogP contribution in [-0.4, -0.2) is 42.5 Å². The van der Waals surface area contributed by atoms with Gasteiger partial charge in [-0.25, -0.2) is 0 Å². The molecule has 1 N–H and O–H groups in total. The van der Waals surface area contributed by atoms with Gasteiger partial charge in [-0.15, -0.1) is 11.3 Å². The maximum Gasteiger partial charge on any atom is 0.387 e. The smallest absolute Gasteiger partial charge is 0.387 e. The average Bonchev–Trinajstić information content (AvgIpc) is 2.93. The van der Waals surface area contributed by atoms with Gasteiger partial charge in [-0.3, -0.25) is 9.59 Å². The number of thiophene rings is 1. The van der Waals surface area contributed by atoms with Crippen molar-refractivity contribution in [3.05, 3.63) is 16.3 Å². The highest BCUT2D eigenvalue weighted by Gasteiger charge is 2.28. The Morgan fingerprint density at radius 1 is 1.43 bits per heavy atom. The van der Waals surface area contributed by atoms with Gasteiger partial charge in [-0.2, -0.15) is 8.78 Å². The molecule has 0 radical (unpaired) electrons. The van der Waals surface area contributed by atoms with E-state index < -0.39 is 6.61 Å². The first-order valence-corrected chi connectivity index (χ1v) is 8.38. The molecule has 128 valence electrons. The molecule has 1 aliphatic heterocycles. The van der Waals surface area contributed by atoms with Gasteiger partial charge in [-0.05, 0) is 24.3 Å². The number of alkyl halides is 2. The summed E-state index contributed by atoms with van der Waals surface area (Å²) >= 11 is 1.08. The number of nitrogens with one attached hydrogen (secondary N) is 1. The van der Waals surface area contributed by atoms with Crippen LogP contribution in [0.15, 0.2) is 11.4 Å². The van der Waals surface area contributed by atoms with Crippen LogP contribution < -0.4 is 10.1 Å². The lowest BCUT2D eigenvalue weighted by Gasteiger charge is -2.33. The van der Waals surface area contributed by atoms with E-state index in [0.29, 0.717) is 13.1 Å². The molecule has 0 bridgehead atoms. The van der Waals surface area contributed by atoms with Gasteiger partial charge in [0.1, 0.15) is 10.6 Å². The number of likely N-dealkylation sites (tertiary alicyclic amines) is 1. The van der Waals surface area contributed by atoms with Crippen LogP contribution in [0, 0.1) is 5.92 Å². The molecule has 1 atom stereocenters. The molecule has 1 aliphatic rings. The predicted molar refractivity (Wildman–Crippen MR) is 82.9 cm³/mol. The van der Waals surface area contributed by atoms with Gasteiger partial charge in [0.25, 0.3) is 5.91 Å². The van der Waals surface area contributed by atoms with E-state index in [2.05, 4.69) is 10.1 Å². The third-order valence-electron chi connectivity index (χ3n) is 3.62. The Hall–Kier alpha value is -1.70. The summed E-state index contributed by atoms with van der Waals surface area (Å²) < 4.78 is 29.1. The molecule has 2 rings (SSSR count). The summed E-state index contributed by atoms with van der Waals surface area (Å²) in [6, 6.07) is 1.26. The number of piperidine rings is 1. The third-order valence-corrected chi connectivity index (χ3v) is 4.50. The van der Waals surface area contributed by atoms with Crippen molar-refractivity contribution in [2.45, 2.75) is 39.3 Å².